The molecule has 1 aromatic carbocycles. The largest absolute Gasteiger partial charge is 0.497 e. The van der Waals surface area contributed by atoms with Crippen LogP contribution < -0.4 is 10.1 Å². The maximum Gasteiger partial charge on any atom is 0.261 e. The number of thiophene rings is 1. The molecule has 0 radical (unpaired) electrons. The first-order valence-electron chi connectivity index (χ1n) is 6.28. The molecule has 0 spiro atoms. The Balaban J connectivity index is 2.00. The fourth-order valence-electron chi connectivity index (χ4n) is 1.85. The molecule has 0 aliphatic carbocycles. The molecule has 2 aromatic rings. The van der Waals surface area contributed by atoms with E-state index in [1.165, 1.54) is 11.3 Å². The third-order valence-corrected chi connectivity index (χ3v) is 3.90. The molecule has 0 bridgehead atoms. The summed E-state index contributed by atoms with van der Waals surface area (Å²) in [5.74, 6) is 0.566. The topological polar surface area (TPSA) is 58.6 Å². The minimum atomic E-state index is -0.759. The highest BCUT2D eigenvalue weighted by atomic mass is 32.1. The molecule has 0 aliphatic heterocycles. The number of nitrogens with one attached hydrogen (secondary N) is 1. The second-order valence-corrected chi connectivity index (χ2v) is 5.41. The predicted molar refractivity (Wildman–Crippen MR) is 79.2 cm³/mol. The maximum absolute atomic E-state index is 11.9. The molecule has 2 N–H and O–H groups in total. The van der Waals surface area contributed by atoms with Crippen LogP contribution in [0, 0.1) is 0 Å². The fraction of sp³-hybridized carbons (Fsp3) is 0.267. The standard InChI is InChI=1S/C15H17NO3S/c1-10(16-15(18)13-4-3-9-20-13)14(17)11-5-7-12(19-2)8-6-11/h3-10,14,17H,1-2H3,(H,16,18). The zero-order chi connectivity index (χ0) is 14.5. The third kappa shape index (κ3) is 3.37. The molecule has 106 valence electrons. The molecule has 1 heterocycles. The van der Waals surface area contributed by atoms with Gasteiger partial charge in [0.1, 0.15) is 5.75 Å². The van der Waals surface area contributed by atoms with Crippen LogP contribution in [-0.2, 0) is 0 Å². The van der Waals surface area contributed by atoms with Gasteiger partial charge in [-0.25, -0.2) is 0 Å². The van der Waals surface area contributed by atoms with E-state index in [9.17, 15) is 9.90 Å². The normalized spacial score (nSPS) is 13.6. The molecule has 1 amide bonds. The predicted octanol–water partition coefficient (Wildman–Crippen LogP) is 2.61. The van der Waals surface area contributed by atoms with Gasteiger partial charge in [-0.15, -0.1) is 11.3 Å². The number of aliphatic hydroxyl groups excluding tert-OH is 1. The van der Waals surface area contributed by atoms with Gasteiger partial charge in [-0.2, -0.15) is 0 Å². The van der Waals surface area contributed by atoms with Gasteiger partial charge in [-0.1, -0.05) is 18.2 Å². The summed E-state index contributed by atoms with van der Waals surface area (Å²) < 4.78 is 5.07. The second-order valence-electron chi connectivity index (χ2n) is 4.46. The zero-order valence-corrected chi connectivity index (χ0v) is 12.2. The molecule has 2 unspecified atom stereocenters. The van der Waals surface area contributed by atoms with E-state index in [0.29, 0.717) is 4.88 Å². The van der Waals surface area contributed by atoms with Crippen molar-refractivity contribution in [2.45, 2.75) is 19.1 Å². The number of hydrogen-bond donors (Lipinski definition) is 2. The smallest absolute Gasteiger partial charge is 0.261 e. The van der Waals surface area contributed by atoms with Gasteiger partial charge in [0.2, 0.25) is 0 Å². The van der Waals surface area contributed by atoms with Crippen molar-refractivity contribution in [3.05, 3.63) is 52.2 Å². The summed E-state index contributed by atoms with van der Waals surface area (Å²) in [7, 11) is 1.59. The molecule has 5 heteroatoms. The summed E-state index contributed by atoms with van der Waals surface area (Å²) >= 11 is 1.38. The van der Waals surface area contributed by atoms with Crippen molar-refractivity contribution in [2.24, 2.45) is 0 Å². The van der Waals surface area contributed by atoms with Crippen molar-refractivity contribution in [1.82, 2.24) is 5.32 Å². The number of ether oxygens (including phenoxy) is 1. The van der Waals surface area contributed by atoms with Crippen LogP contribution in [0.2, 0.25) is 0 Å². The van der Waals surface area contributed by atoms with Crippen LogP contribution in [-0.4, -0.2) is 24.2 Å². The number of aliphatic hydroxyl groups is 1. The Hall–Kier alpha value is -1.85. The minimum absolute atomic E-state index is 0.167. The van der Waals surface area contributed by atoms with Crippen LogP contribution in [0.5, 0.6) is 5.75 Å². The van der Waals surface area contributed by atoms with E-state index in [1.807, 2.05) is 11.4 Å². The number of rotatable bonds is 5. The summed E-state index contributed by atoms with van der Waals surface area (Å²) in [6.45, 7) is 1.78. The highest BCUT2D eigenvalue weighted by Crippen LogP contribution is 2.20. The Labute approximate surface area is 122 Å². The summed E-state index contributed by atoms with van der Waals surface area (Å²) in [5, 5.41) is 14.9. The van der Waals surface area contributed by atoms with Crippen LogP contribution in [0.15, 0.2) is 41.8 Å². The monoisotopic (exact) mass is 291 g/mol. The Bertz CT molecular complexity index is 551. The van der Waals surface area contributed by atoms with Gasteiger partial charge < -0.3 is 15.2 Å². The van der Waals surface area contributed by atoms with E-state index in [1.54, 1.807) is 44.4 Å². The number of carbonyl (C=O) groups is 1. The van der Waals surface area contributed by atoms with Gasteiger partial charge >= 0.3 is 0 Å². The zero-order valence-electron chi connectivity index (χ0n) is 11.4. The maximum atomic E-state index is 11.9. The van der Waals surface area contributed by atoms with Crippen LogP contribution in [0.1, 0.15) is 28.3 Å². The lowest BCUT2D eigenvalue weighted by Gasteiger charge is -2.20. The molecule has 0 saturated carbocycles. The first-order valence-corrected chi connectivity index (χ1v) is 7.16. The van der Waals surface area contributed by atoms with E-state index in [2.05, 4.69) is 5.32 Å². The first kappa shape index (κ1) is 14.6. The van der Waals surface area contributed by atoms with Gasteiger partial charge in [0, 0.05) is 0 Å². The van der Waals surface area contributed by atoms with Gasteiger partial charge in [0.25, 0.3) is 5.91 Å². The number of amides is 1. The average Bonchev–Trinajstić information content (AvgIpc) is 3.01. The van der Waals surface area contributed by atoms with Gasteiger partial charge in [0.15, 0.2) is 0 Å². The number of hydrogen-bond acceptors (Lipinski definition) is 4. The lowest BCUT2D eigenvalue weighted by molar-refractivity contribution is 0.0856. The molecule has 2 rings (SSSR count). The van der Waals surface area contributed by atoms with E-state index in [0.717, 1.165) is 11.3 Å². The van der Waals surface area contributed by atoms with Crippen molar-refractivity contribution >= 4 is 17.2 Å². The van der Waals surface area contributed by atoms with Crippen molar-refractivity contribution in [3.8, 4) is 5.75 Å². The van der Waals surface area contributed by atoms with Crippen molar-refractivity contribution in [1.29, 1.82) is 0 Å². The van der Waals surface area contributed by atoms with Crippen LogP contribution in [0.4, 0.5) is 0 Å². The van der Waals surface area contributed by atoms with E-state index in [-0.39, 0.29) is 11.9 Å². The molecular formula is C15H17NO3S. The van der Waals surface area contributed by atoms with Crippen molar-refractivity contribution in [2.75, 3.05) is 7.11 Å². The highest BCUT2D eigenvalue weighted by molar-refractivity contribution is 7.12. The highest BCUT2D eigenvalue weighted by Gasteiger charge is 2.19. The lowest BCUT2D eigenvalue weighted by Crippen LogP contribution is -2.36. The summed E-state index contributed by atoms with van der Waals surface area (Å²) in [6, 6.07) is 10.3. The number of methoxy groups -OCH3 is 1. The van der Waals surface area contributed by atoms with E-state index in [4.69, 9.17) is 4.74 Å². The van der Waals surface area contributed by atoms with Crippen LogP contribution in [0.25, 0.3) is 0 Å². The number of benzene rings is 1. The second kappa shape index (κ2) is 6.54. The molecule has 0 aliphatic rings. The Morgan fingerprint density at radius 3 is 2.55 bits per heavy atom. The van der Waals surface area contributed by atoms with Crippen LogP contribution in [0.3, 0.4) is 0 Å². The molecule has 4 nitrogen and oxygen atoms in total. The molecule has 2 atom stereocenters. The fourth-order valence-corrected chi connectivity index (χ4v) is 2.48. The summed E-state index contributed by atoms with van der Waals surface area (Å²) in [5.41, 5.74) is 0.741. The SMILES string of the molecule is COc1ccc(C(O)C(C)NC(=O)c2cccs2)cc1. The third-order valence-electron chi connectivity index (χ3n) is 3.03. The average molecular weight is 291 g/mol. The van der Waals surface area contributed by atoms with Crippen LogP contribution >= 0.6 is 11.3 Å². The minimum Gasteiger partial charge on any atom is -0.497 e. The molecule has 0 fully saturated rings. The van der Waals surface area contributed by atoms with Gasteiger partial charge in [-0.05, 0) is 36.1 Å². The Kier molecular flexibility index (Phi) is 4.76. The molecule has 1 aromatic heterocycles. The van der Waals surface area contributed by atoms with Crippen molar-refractivity contribution < 1.29 is 14.6 Å². The molecule has 0 saturated heterocycles. The van der Waals surface area contributed by atoms with Gasteiger partial charge in [0.05, 0.1) is 24.1 Å². The molecule has 20 heavy (non-hydrogen) atoms. The quantitative estimate of drug-likeness (QED) is 0.890. The lowest BCUT2D eigenvalue weighted by atomic mass is 10.0. The Morgan fingerprint density at radius 2 is 2.00 bits per heavy atom. The first-order chi connectivity index (χ1) is 9.61. The summed E-state index contributed by atoms with van der Waals surface area (Å²) in [6.07, 6.45) is -0.759. The number of carbonyl (C=O) groups excluding carboxylic acids is 1. The molecular weight excluding hydrogens is 274 g/mol. The van der Waals surface area contributed by atoms with Crippen molar-refractivity contribution in [3.63, 3.8) is 0 Å². The van der Waals surface area contributed by atoms with Gasteiger partial charge in [-0.3, -0.25) is 4.79 Å². The summed E-state index contributed by atoms with van der Waals surface area (Å²) in [4.78, 5) is 12.6. The Morgan fingerprint density at radius 1 is 1.30 bits per heavy atom. The van der Waals surface area contributed by atoms with E-state index >= 15 is 0 Å². The van der Waals surface area contributed by atoms with E-state index < -0.39 is 6.10 Å².